The Kier molecular flexibility index (Phi) is 8.72. The molecule has 1 nitrogen and oxygen atoms in total. The molecule has 4 rings (SSSR count). The molecular weight excluding hydrogens is 459 g/mol. The summed E-state index contributed by atoms with van der Waals surface area (Å²) < 4.78 is 75.3. The van der Waals surface area contributed by atoms with Gasteiger partial charge in [-0.05, 0) is 61.5 Å². The van der Waals surface area contributed by atoms with Crippen molar-refractivity contribution in [2.24, 2.45) is 17.8 Å². The minimum atomic E-state index is -1.63. The molecule has 2 saturated carbocycles. The van der Waals surface area contributed by atoms with Crippen LogP contribution in [0.3, 0.4) is 0 Å². The van der Waals surface area contributed by atoms with Crippen LogP contribution in [0.4, 0.5) is 22.0 Å². The van der Waals surface area contributed by atoms with Crippen molar-refractivity contribution in [3.8, 4) is 11.5 Å². The normalized spacial score (nSPS) is 25.0. The van der Waals surface area contributed by atoms with Crippen molar-refractivity contribution in [3.63, 3.8) is 0 Å². The number of hydrogen-bond acceptors (Lipinski definition) is 1. The second-order valence-electron chi connectivity index (χ2n) is 10.5. The molecule has 0 unspecified atom stereocenters. The van der Waals surface area contributed by atoms with Crippen LogP contribution in [0.5, 0.6) is 11.5 Å². The number of hydrogen-bond donors (Lipinski definition) is 0. The molecule has 0 saturated heterocycles. The molecule has 2 fully saturated rings. The summed E-state index contributed by atoms with van der Waals surface area (Å²) in [6, 6.07) is 3.49. The van der Waals surface area contributed by atoms with Gasteiger partial charge in [-0.3, -0.25) is 0 Å². The van der Waals surface area contributed by atoms with Gasteiger partial charge >= 0.3 is 0 Å². The summed E-state index contributed by atoms with van der Waals surface area (Å²) in [5.41, 5.74) is -0.0294. The van der Waals surface area contributed by atoms with E-state index in [1.807, 2.05) is 0 Å². The molecule has 0 heterocycles. The molecule has 2 aromatic rings. The van der Waals surface area contributed by atoms with Crippen molar-refractivity contribution in [2.45, 2.75) is 89.9 Å². The first-order valence-electron chi connectivity index (χ1n) is 13.2. The van der Waals surface area contributed by atoms with E-state index < -0.39 is 29.1 Å². The molecule has 2 aromatic carbocycles. The number of ether oxygens (including phenoxy) is 1. The molecule has 0 aliphatic heterocycles. The monoisotopic (exact) mass is 494 g/mol. The zero-order chi connectivity index (χ0) is 24.9. The lowest BCUT2D eigenvalue weighted by molar-refractivity contribution is 0.223. The highest BCUT2D eigenvalue weighted by Crippen LogP contribution is 2.43. The molecule has 0 N–H and O–H groups in total. The average molecular weight is 495 g/mol. The van der Waals surface area contributed by atoms with Crippen molar-refractivity contribution in [1.82, 2.24) is 0 Å². The third kappa shape index (κ3) is 6.37. The summed E-state index contributed by atoms with van der Waals surface area (Å²) in [5, 5.41) is 0. The maximum atomic E-state index is 15.2. The van der Waals surface area contributed by atoms with E-state index in [0.717, 1.165) is 36.8 Å². The molecule has 0 bridgehead atoms. The van der Waals surface area contributed by atoms with E-state index in [9.17, 15) is 17.6 Å². The highest BCUT2D eigenvalue weighted by molar-refractivity contribution is 5.38. The maximum absolute atomic E-state index is 15.2. The second kappa shape index (κ2) is 11.7. The summed E-state index contributed by atoms with van der Waals surface area (Å²) in [4.78, 5) is 0. The Bertz CT molecular complexity index is 968. The Morgan fingerprint density at radius 3 is 1.71 bits per heavy atom. The Morgan fingerprint density at radius 1 is 0.657 bits per heavy atom. The van der Waals surface area contributed by atoms with E-state index in [2.05, 4.69) is 6.92 Å². The van der Waals surface area contributed by atoms with Crippen LogP contribution >= 0.6 is 0 Å². The lowest BCUT2D eigenvalue weighted by Gasteiger charge is -2.32. The Morgan fingerprint density at radius 2 is 1.17 bits per heavy atom. The van der Waals surface area contributed by atoms with Gasteiger partial charge < -0.3 is 4.74 Å². The van der Waals surface area contributed by atoms with Gasteiger partial charge in [-0.2, -0.15) is 0 Å². The van der Waals surface area contributed by atoms with Gasteiger partial charge in [-0.25, -0.2) is 22.0 Å². The summed E-state index contributed by atoms with van der Waals surface area (Å²) in [7, 11) is 0. The number of rotatable bonds is 8. The predicted molar refractivity (Wildman–Crippen MR) is 127 cm³/mol. The smallest absolute Gasteiger partial charge is 0.194 e. The number of halogens is 5. The summed E-state index contributed by atoms with van der Waals surface area (Å²) in [6.07, 6.45) is 13.7. The fourth-order valence-electron chi connectivity index (χ4n) is 6.15. The van der Waals surface area contributed by atoms with E-state index in [-0.39, 0.29) is 23.0 Å². The van der Waals surface area contributed by atoms with E-state index in [4.69, 9.17) is 4.74 Å². The molecule has 2 aliphatic carbocycles. The van der Waals surface area contributed by atoms with Crippen molar-refractivity contribution in [1.29, 1.82) is 0 Å². The predicted octanol–water partition coefficient (Wildman–Crippen LogP) is 9.83. The third-order valence-electron chi connectivity index (χ3n) is 8.18. The molecular formula is C29H35F5O. The summed E-state index contributed by atoms with van der Waals surface area (Å²) in [5.74, 6) is -4.64. The van der Waals surface area contributed by atoms with E-state index in [1.54, 1.807) is 0 Å². The summed E-state index contributed by atoms with van der Waals surface area (Å²) >= 11 is 0. The van der Waals surface area contributed by atoms with E-state index in [0.29, 0.717) is 30.9 Å². The van der Waals surface area contributed by atoms with Gasteiger partial charge in [0.1, 0.15) is 11.6 Å². The highest BCUT2D eigenvalue weighted by Gasteiger charge is 2.29. The van der Waals surface area contributed by atoms with Crippen LogP contribution in [0.1, 0.15) is 95.5 Å². The van der Waals surface area contributed by atoms with Gasteiger partial charge in [-0.1, -0.05) is 58.3 Å². The first-order chi connectivity index (χ1) is 16.9. The maximum Gasteiger partial charge on any atom is 0.194 e. The Labute approximate surface area is 205 Å². The molecule has 0 atom stereocenters. The molecule has 0 spiro atoms. The molecule has 6 heteroatoms. The standard InChI is InChI=1S/C29H35F5O/c1-2-3-18-4-6-19(7-5-18)8-9-20-10-12-21(13-11-20)27-23(30)14-15-26(29(27)34)35-22-16-24(31)28(33)25(32)17-22/h14-21H,2-13H2,1H3. The number of benzene rings is 2. The lowest BCUT2D eigenvalue weighted by Crippen LogP contribution is -2.18. The SMILES string of the molecule is CCCC1CCC(CCC2CCC(c3c(F)ccc(Oc4cc(F)c(F)c(F)c4)c3F)CC2)CC1. The van der Waals surface area contributed by atoms with Crippen LogP contribution in [0, 0.1) is 46.8 Å². The summed E-state index contributed by atoms with van der Waals surface area (Å²) in [6.45, 7) is 2.26. The minimum absolute atomic E-state index is 0.0294. The topological polar surface area (TPSA) is 9.23 Å². The van der Waals surface area contributed by atoms with Gasteiger partial charge in [0.15, 0.2) is 29.0 Å². The van der Waals surface area contributed by atoms with Crippen LogP contribution in [0.25, 0.3) is 0 Å². The van der Waals surface area contributed by atoms with Gasteiger partial charge in [0.25, 0.3) is 0 Å². The average Bonchev–Trinajstić information content (AvgIpc) is 2.85. The molecule has 35 heavy (non-hydrogen) atoms. The highest BCUT2D eigenvalue weighted by atomic mass is 19.2. The molecule has 2 aliphatic rings. The Balaban J connectivity index is 1.33. The third-order valence-corrected chi connectivity index (χ3v) is 8.18. The van der Waals surface area contributed by atoms with Crippen LogP contribution < -0.4 is 4.74 Å². The second-order valence-corrected chi connectivity index (χ2v) is 10.5. The van der Waals surface area contributed by atoms with Gasteiger partial charge in [0, 0.05) is 17.7 Å². The van der Waals surface area contributed by atoms with Crippen molar-refractivity contribution >= 4 is 0 Å². The zero-order valence-corrected chi connectivity index (χ0v) is 20.4. The minimum Gasteiger partial charge on any atom is -0.454 e. The first-order valence-corrected chi connectivity index (χ1v) is 13.2. The van der Waals surface area contributed by atoms with Gasteiger partial charge in [0.05, 0.1) is 0 Å². The van der Waals surface area contributed by atoms with Gasteiger partial charge in [0.2, 0.25) is 0 Å². The van der Waals surface area contributed by atoms with E-state index in [1.165, 1.54) is 51.4 Å². The fraction of sp³-hybridized carbons (Fsp3) is 0.586. The largest absolute Gasteiger partial charge is 0.454 e. The molecule has 0 aromatic heterocycles. The van der Waals surface area contributed by atoms with Crippen molar-refractivity contribution in [3.05, 3.63) is 58.9 Å². The lowest BCUT2D eigenvalue weighted by atomic mass is 9.74. The molecule has 0 amide bonds. The Hall–Kier alpha value is -2.11. The van der Waals surface area contributed by atoms with Crippen LogP contribution in [0.2, 0.25) is 0 Å². The first kappa shape index (κ1) is 26.0. The van der Waals surface area contributed by atoms with Crippen LogP contribution in [-0.4, -0.2) is 0 Å². The van der Waals surface area contributed by atoms with Crippen LogP contribution in [0.15, 0.2) is 24.3 Å². The van der Waals surface area contributed by atoms with Crippen LogP contribution in [-0.2, 0) is 0 Å². The quantitative estimate of drug-likeness (QED) is 0.262. The van der Waals surface area contributed by atoms with Crippen molar-refractivity contribution in [2.75, 3.05) is 0 Å². The van der Waals surface area contributed by atoms with Crippen molar-refractivity contribution < 1.29 is 26.7 Å². The van der Waals surface area contributed by atoms with E-state index >= 15 is 4.39 Å². The zero-order valence-electron chi connectivity index (χ0n) is 20.4. The molecule has 0 radical (unpaired) electrons. The fourth-order valence-corrected chi connectivity index (χ4v) is 6.15. The van der Waals surface area contributed by atoms with Gasteiger partial charge in [-0.15, -0.1) is 0 Å². The molecule has 192 valence electrons.